The number of nitrogen functional groups attached to an aromatic ring is 1. The molecular formula is C8H16ClN3S2. The monoisotopic (exact) mass is 253 g/mol. The summed E-state index contributed by atoms with van der Waals surface area (Å²) in [5, 5.41) is 0.660. The molecule has 0 saturated carbocycles. The Labute approximate surface area is 99.5 Å². The van der Waals surface area contributed by atoms with Crippen molar-refractivity contribution in [3.05, 3.63) is 11.1 Å². The highest BCUT2D eigenvalue weighted by Gasteiger charge is 2.02. The topological polar surface area (TPSA) is 42.2 Å². The van der Waals surface area contributed by atoms with E-state index in [1.807, 2.05) is 18.0 Å². The Hall–Kier alpha value is 0.0300. The fraction of sp³-hybridized carbons (Fsp3) is 0.625. The Morgan fingerprint density at radius 1 is 1.64 bits per heavy atom. The lowest BCUT2D eigenvalue weighted by molar-refractivity contribution is 0.352. The molecule has 6 heteroatoms. The van der Waals surface area contributed by atoms with Gasteiger partial charge >= 0.3 is 0 Å². The molecule has 1 aromatic rings. The maximum Gasteiger partial charge on any atom is 0.180 e. The van der Waals surface area contributed by atoms with Crippen LogP contribution in [0.3, 0.4) is 0 Å². The van der Waals surface area contributed by atoms with Gasteiger partial charge in [-0.3, -0.25) is 0 Å². The van der Waals surface area contributed by atoms with E-state index in [1.54, 1.807) is 11.3 Å². The first-order chi connectivity index (χ1) is 6.22. The number of halogens is 1. The summed E-state index contributed by atoms with van der Waals surface area (Å²) in [4.78, 5) is 7.53. The number of hydrogen-bond acceptors (Lipinski definition) is 5. The lowest BCUT2D eigenvalue weighted by Gasteiger charge is -2.13. The molecule has 2 N–H and O–H groups in total. The third kappa shape index (κ3) is 5.05. The lowest BCUT2D eigenvalue weighted by Crippen LogP contribution is -2.19. The Balaban J connectivity index is 0.00000169. The molecule has 0 atom stereocenters. The minimum Gasteiger partial charge on any atom is -0.375 e. The minimum absolute atomic E-state index is 0. The molecule has 0 fully saturated rings. The van der Waals surface area contributed by atoms with E-state index in [1.165, 1.54) is 10.6 Å². The van der Waals surface area contributed by atoms with Crippen LogP contribution < -0.4 is 5.73 Å². The summed E-state index contributed by atoms with van der Waals surface area (Å²) in [6.45, 7) is 2.06. The van der Waals surface area contributed by atoms with Gasteiger partial charge in [0, 0.05) is 29.9 Å². The molecule has 0 spiro atoms. The third-order valence-electron chi connectivity index (χ3n) is 1.67. The SMILES string of the molecule is CSCCN(C)Cc1cnc(N)s1.Cl. The summed E-state index contributed by atoms with van der Waals surface area (Å²) in [5.41, 5.74) is 5.54. The molecule has 1 heterocycles. The number of thioether (sulfide) groups is 1. The van der Waals surface area contributed by atoms with Gasteiger partial charge < -0.3 is 10.6 Å². The van der Waals surface area contributed by atoms with Crippen molar-refractivity contribution in [3.63, 3.8) is 0 Å². The Morgan fingerprint density at radius 3 is 2.86 bits per heavy atom. The van der Waals surface area contributed by atoms with Crippen LogP contribution in [0.15, 0.2) is 6.20 Å². The van der Waals surface area contributed by atoms with E-state index in [-0.39, 0.29) is 12.4 Å². The first kappa shape index (κ1) is 14.0. The predicted octanol–water partition coefficient (Wildman–Crippen LogP) is 1.94. The molecular weight excluding hydrogens is 238 g/mol. The Bertz CT molecular complexity index is 254. The summed E-state index contributed by atoms with van der Waals surface area (Å²) < 4.78 is 0. The number of nitrogens with two attached hydrogens (primary N) is 1. The van der Waals surface area contributed by atoms with Gasteiger partial charge in [-0.25, -0.2) is 4.98 Å². The summed E-state index contributed by atoms with van der Waals surface area (Å²) in [7, 11) is 2.12. The largest absolute Gasteiger partial charge is 0.375 e. The molecule has 3 nitrogen and oxygen atoms in total. The van der Waals surface area contributed by atoms with Crippen LogP contribution in [0.4, 0.5) is 5.13 Å². The molecule has 0 aliphatic rings. The quantitative estimate of drug-likeness (QED) is 0.871. The lowest BCUT2D eigenvalue weighted by atomic mass is 10.5. The summed E-state index contributed by atoms with van der Waals surface area (Å²) >= 11 is 3.43. The normalized spacial score (nSPS) is 10.2. The van der Waals surface area contributed by atoms with E-state index in [9.17, 15) is 0 Å². The van der Waals surface area contributed by atoms with Gasteiger partial charge in [-0.1, -0.05) is 0 Å². The smallest absolute Gasteiger partial charge is 0.180 e. The van der Waals surface area contributed by atoms with E-state index in [2.05, 4.69) is 23.2 Å². The van der Waals surface area contributed by atoms with E-state index in [0.717, 1.165) is 13.1 Å². The molecule has 0 aromatic carbocycles. The van der Waals surface area contributed by atoms with Gasteiger partial charge in [0.05, 0.1) is 0 Å². The van der Waals surface area contributed by atoms with Crippen LogP contribution in [0.2, 0.25) is 0 Å². The standard InChI is InChI=1S/C8H15N3S2.ClH/c1-11(3-4-12-2)6-7-5-10-8(9)13-7;/h5H,3-4,6H2,1-2H3,(H2,9,10);1H. The van der Waals surface area contributed by atoms with E-state index in [0.29, 0.717) is 5.13 Å². The highest BCUT2D eigenvalue weighted by atomic mass is 35.5. The van der Waals surface area contributed by atoms with Crippen molar-refractivity contribution in [3.8, 4) is 0 Å². The third-order valence-corrected chi connectivity index (χ3v) is 3.08. The predicted molar refractivity (Wildman–Crippen MR) is 68.5 cm³/mol. The Kier molecular flexibility index (Phi) is 7.35. The summed E-state index contributed by atoms with van der Waals surface area (Å²) in [5.74, 6) is 1.17. The van der Waals surface area contributed by atoms with Crippen LogP contribution in [0, 0.1) is 0 Å². The highest BCUT2D eigenvalue weighted by Crippen LogP contribution is 2.15. The van der Waals surface area contributed by atoms with E-state index in [4.69, 9.17) is 5.73 Å². The molecule has 0 aliphatic heterocycles. The molecule has 0 amide bonds. The molecule has 0 aliphatic carbocycles. The van der Waals surface area contributed by atoms with Crippen LogP contribution in [-0.4, -0.2) is 35.5 Å². The van der Waals surface area contributed by atoms with Crippen molar-refractivity contribution in [2.45, 2.75) is 6.54 Å². The minimum atomic E-state index is 0. The molecule has 14 heavy (non-hydrogen) atoms. The van der Waals surface area contributed by atoms with Crippen molar-refractivity contribution in [2.75, 3.05) is 31.3 Å². The second-order valence-electron chi connectivity index (χ2n) is 2.90. The van der Waals surface area contributed by atoms with Gasteiger partial charge in [0.25, 0.3) is 0 Å². The zero-order valence-electron chi connectivity index (χ0n) is 8.40. The van der Waals surface area contributed by atoms with Crippen LogP contribution in [0.1, 0.15) is 4.88 Å². The van der Waals surface area contributed by atoms with Gasteiger partial charge in [0.15, 0.2) is 5.13 Å². The fourth-order valence-electron chi connectivity index (χ4n) is 0.988. The molecule has 0 radical (unpaired) electrons. The average Bonchev–Trinajstić information content (AvgIpc) is 2.48. The second kappa shape index (κ2) is 7.34. The molecule has 1 aromatic heterocycles. The zero-order valence-corrected chi connectivity index (χ0v) is 10.8. The number of rotatable bonds is 5. The Morgan fingerprint density at radius 2 is 2.36 bits per heavy atom. The number of hydrogen-bond donors (Lipinski definition) is 1. The van der Waals surface area contributed by atoms with E-state index < -0.39 is 0 Å². The zero-order chi connectivity index (χ0) is 9.68. The maximum absolute atomic E-state index is 5.54. The van der Waals surface area contributed by atoms with Crippen molar-refractivity contribution >= 4 is 40.6 Å². The van der Waals surface area contributed by atoms with Crippen LogP contribution in [0.5, 0.6) is 0 Å². The van der Waals surface area contributed by atoms with Crippen LogP contribution >= 0.6 is 35.5 Å². The first-order valence-electron chi connectivity index (χ1n) is 4.10. The second-order valence-corrected chi connectivity index (χ2v) is 5.03. The van der Waals surface area contributed by atoms with Gasteiger partial charge in [0.2, 0.25) is 0 Å². The number of anilines is 1. The van der Waals surface area contributed by atoms with Gasteiger partial charge in [0.1, 0.15) is 0 Å². The molecule has 82 valence electrons. The van der Waals surface area contributed by atoms with Crippen molar-refractivity contribution in [2.24, 2.45) is 0 Å². The van der Waals surface area contributed by atoms with Gasteiger partial charge in [-0.2, -0.15) is 11.8 Å². The van der Waals surface area contributed by atoms with Crippen LogP contribution in [0.25, 0.3) is 0 Å². The van der Waals surface area contributed by atoms with Crippen molar-refractivity contribution in [1.29, 1.82) is 0 Å². The highest BCUT2D eigenvalue weighted by molar-refractivity contribution is 7.98. The van der Waals surface area contributed by atoms with Gasteiger partial charge in [-0.05, 0) is 13.3 Å². The van der Waals surface area contributed by atoms with Crippen LogP contribution in [-0.2, 0) is 6.54 Å². The fourth-order valence-corrected chi connectivity index (χ4v) is 2.25. The first-order valence-corrected chi connectivity index (χ1v) is 6.31. The summed E-state index contributed by atoms with van der Waals surface area (Å²) in [6.07, 6.45) is 3.98. The van der Waals surface area contributed by atoms with Crippen molar-refractivity contribution in [1.82, 2.24) is 9.88 Å². The average molecular weight is 254 g/mol. The van der Waals surface area contributed by atoms with Crippen molar-refractivity contribution < 1.29 is 0 Å². The number of aromatic nitrogens is 1. The van der Waals surface area contributed by atoms with Gasteiger partial charge in [-0.15, -0.1) is 23.7 Å². The maximum atomic E-state index is 5.54. The molecule has 0 saturated heterocycles. The number of thiazole rings is 1. The van der Waals surface area contributed by atoms with E-state index >= 15 is 0 Å². The summed E-state index contributed by atoms with van der Waals surface area (Å²) in [6, 6.07) is 0. The molecule has 0 bridgehead atoms. The molecule has 1 rings (SSSR count). The number of nitrogens with zero attached hydrogens (tertiary/aromatic N) is 2. The molecule has 0 unspecified atom stereocenters.